The third-order valence-electron chi connectivity index (χ3n) is 4.93. The van der Waals surface area contributed by atoms with E-state index in [1.165, 1.54) is 50.8 Å². The Hall–Kier alpha value is -0.470. The molecular weight excluding hydrogens is 262 g/mol. The van der Waals surface area contributed by atoms with Crippen molar-refractivity contribution in [3.63, 3.8) is 0 Å². The van der Waals surface area contributed by atoms with Crippen LogP contribution < -0.4 is 5.32 Å². The van der Waals surface area contributed by atoms with Crippen LogP contribution in [-0.4, -0.2) is 23.6 Å². The van der Waals surface area contributed by atoms with Crippen LogP contribution in [0, 0.1) is 0 Å². The molecule has 0 saturated heterocycles. The predicted molar refractivity (Wildman–Crippen MR) is 89.7 cm³/mol. The molecule has 0 amide bonds. The van der Waals surface area contributed by atoms with Crippen molar-refractivity contribution in [2.45, 2.75) is 62.7 Å². The molecule has 3 atom stereocenters. The first-order valence-corrected chi connectivity index (χ1v) is 9.34. The average Bonchev–Trinajstić information content (AvgIpc) is 2.93. The zero-order valence-electron chi connectivity index (χ0n) is 12.6. The zero-order valence-corrected chi connectivity index (χ0v) is 13.4. The molecule has 3 unspecified atom stereocenters. The highest BCUT2D eigenvalue weighted by atomic mass is 32.2. The van der Waals surface area contributed by atoms with E-state index in [0.717, 1.165) is 17.2 Å². The van der Waals surface area contributed by atoms with Gasteiger partial charge in [0.25, 0.3) is 0 Å². The van der Waals surface area contributed by atoms with Gasteiger partial charge in [-0.25, -0.2) is 0 Å². The molecule has 0 radical (unpaired) electrons. The lowest BCUT2D eigenvalue weighted by Gasteiger charge is -2.27. The van der Waals surface area contributed by atoms with Gasteiger partial charge in [0.1, 0.15) is 0 Å². The molecule has 0 heterocycles. The van der Waals surface area contributed by atoms with Crippen molar-refractivity contribution in [1.29, 1.82) is 0 Å². The summed E-state index contributed by atoms with van der Waals surface area (Å²) in [5.41, 5.74) is 3.21. The van der Waals surface area contributed by atoms with Crippen LogP contribution in [0.3, 0.4) is 0 Å². The maximum Gasteiger partial charge on any atom is 0.00782 e. The molecule has 2 heteroatoms. The van der Waals surface area contributed by atoms with E-state index in [9.17, 15) is 0 Å². The number of hydrogen-bond donors (Lipinski definition) is 1. The Kier molecular flexibility index (Phi) is 5.06. The van der Waals surface area contributed by atoms with Crippen molar-refractivity contribution in [2.75, 3.05) is 12.3 Å². The minimum Gasteiger partial charge on any atom is -0.313 e. The van der Waals surface area contributed by atoms with Crippen molar-refractivity contribution in [1.82, 2.24) is 5.32 Å². The van der Waals surface area contributed by atoms with E-state index >= 15 is 0 Å². The molecule has 1 N–H and O–H groups in total. The van der Waals surface area contributed by atoms with E-state index < -0.39 is 0 Å². The maximum absolute atomic E-state index is 3.87. The molecule has 2 aliphatic carbocycles. The number of fused-ring (bicyclic) bond motifs is 1. The highest BCUT2D eigenvalue weighted by Crippen LogP contribution is 2.33. The number of aryl methyl sites for hydroxylation is 1. The standard InChI is InChI=1S/C18H27NS/c1-2-20-17-11-10-16(12-17)19-13-15-8-5-7-14-6-3-4-9-18(14)15/h3-4,6,9,15-17,19H,2,5,7-8,10-13H2,1H3. The Morgan fingerprint density at radius 1 is 1.20 bits per heavy atom. The maximum atomic E-state index is 3.87. The molecule has 20 heavy (non-hydrogen) atoms. The Balaban J connectivity index is 1.52. The number of rotatable bonds is 5. The number of hydrogen-bond acceptors (Lipinski definition) is 2. The lowest BCUT2D eigenvalue weighted by Crippen LogP contribution is -2.32. The van der Waals surface area contributed by atoms with Gasteiger partial charge in [0, 0.05) is 17.8 Å². The number of thioether (sulfide) groups is 1. The second-order valence-corrected chi connectivity index (χ2v) is 7.86. The monoisotopic (exact) mass is 289 g/mol. The lowest BCUT2D eigenvalue weighted by atomic mass is 9.83. The summed E-state index contributed by atoms with van der Waals surface area (Å²) in [5.74, 6) is 2.02. The molecule has 0 spiro atoms. The van der Waals surface area contributed by atoms with Crippen LogP contribution in [0.2, 0.25) is 0 Å². The molecule has 1 saturated carbocycles. The molecule has 3 rings (SSSR count). The van der Waals surface area contributed by atoms with Crippen molar-refractivity contribution in [2.24, 2.45) is 0 Å². The highest BCUT2D eigenvalue weighted by molar-refractivity contribution is 7.99. The van der Waals surface area contributed by atoms with Gasteiger partial charge in [-0.15, -0.1) is 0 Å². The minimum atomic E-state index is 0.748. The SMILES string of the molecule is CCSC1CCC(NCC2CCCc3ccccc32)C1. The van der Waals surface area contributed by atoms with E-state index in [0.29, 0.717) is 0 Å². The van der Waals surface area contributed by atoms with E-state index in [4.69, 9.17) is 0 Å². The van der Waals surface area contributed by atoms with Crippen LogP contribution >= 0.6 is 11.8 Å². The molecule has 1 nitrogen and oxygen atoms in total. The van der Waals surface area contributed by atoms with Gasteiger partial charge in [-0.05, 0) is 61.3 Å². The summed E-state index contributed by atoms with van der Waals surface area (Å²) in [6, 6.07) is 9.85. The summed E-state index contributed by atoms with van der Waals surface area (Å²) in [7, 11) is 0. The molecule has 2 aliphatic rings. The second kappa shape index (κ2) is 7.00. The van der Waals surface area contributed by atoms with Crippen molar-refractivity contribution in [3.8, 4) is 0 Å². The fourth-order valence-corrected chi connectivity index (χ4v) is 5.03. The smallest absolute Gasteiger partial charge is 0.00782 e. The second-order valence-electron chi connectivity index (χ2n) is 6.28. The van der Waals surface area contributed by atoms with E-state index in [1.807, 2.05) is 0 Å². The van der Waals surface area contributed by atoms with Crippen LogP contribution in [0.1, 0.15) is 56.1 Å². The summed E-state index contributed by atoms with van der Waals surface area (Å²) in [6.07, 6.45) is 8.19. The fourth-order valence-electron chi connectivity index (χ4n) is 3.89. The first kappa shape index (κ1) is 14.5. The van der Waals surface area contributed by atoms with Gasteiger partial charge in [0.05, 0.1) is 0 Å². The fraction of sp³-hybridized carbons (Fsp3) is 0.667. The Morgan fingerprint density at radius 2 is 2.10 bits per heavy atom. The lowest BCUT2D eigenvalue weighted by molar-refractivity contribution is 0.454. The van der Waals surface area contributed by atoms with Crippen molar-refractivity contribution in [3.05, 3.63) is 35.4 Å². The number of benzene rings is 1. The quantitative estimate of drug-likeness (QED) is 0.864. The highest BCUT2D eigenvalue weighted by Gasteiger charge is 2.26. The molecule has 1 aromatic carbocycles. The first-order valence-electron chi connectivity index (χ1n) is 8.29. The van der Waals surface area contributed by atoms with Gasteiger partial charge in [-0.3, -0.25) is 0 Å². The number of nitrogens with one attached hydrogen (secondary N) is 1. The molecular formula is C18H27NS. The summed E-state index contributed by atoms with van der Waals surface area (Å²) in [6.45, 7) is 3.47. The topological polar surface area (TPSA) is 12.0 Å². The van der Waals surface area contributed by atoms with Gasteiger partial charge in [-0.1, -0.05) is 31.2 Å². The van der Waals surface area contributed by atoms with Crippen LogP contribution in [0.15, 0.2) is 24.3 Å². The average molecular weight is 289 g/mol. The molecule has 110 valence electrons. The van der Waals surface area contributed by atoms with Gasteiger partial charge >= 0.3 is 0 Å². The van der Waals surface area contributed by atoms with Crippen molar-refractivity contribution >= 4 is 11.8 Å². The van der Waals surface area contributed by atoms with E-state index in [-0.39, 0.29) is 0 Å². The normalized spacial score (nSPS) is 29.4. The zero-order chi connectivity index (χ0) is 13.8. The minimum absolute atomic E-state index is 0.748. The van der Waals surface area contributed by atoms with Crippen molar-refractivity contribution < 1.29 is 0 Å². The predicted octanol–water partition coefficient (Wildman–Crippen LogP) is 4.37. The molecule has 1 fully saturated rings. The Morgan fingerprint density at radius 3 is 3.00 bits per heavy atom. The third kappa shape index (κ3) is 3.40. The summed E-state index contributed by atoms with van der Waals surface area (Å²) in [5, 5.41) is 4.78. The largest absolute Gasteiger partial charge is 0.313 e. The van der Waals surface area contributed by atoms with Gasteiger partial charge in [0.2, 0.25) is 0 Å². The molecule has 1 aromatic rings. The Bertz CT molecular complexity index is 431. The van der Waals surface area contributed by atoms with Gasteiger partial charge in [-0.2, -0.15) is 11.8 Å². The van der Waals surface area contributed by atoms with E-state index in [2.05, 4.69) is 48.3 Å². The third-order valence-corrected chi connectivity index (χ3v) is 6.17. The van der Waals surface area contributed by atoms with E-state index in [1.54, 1.807) is 11.1 Å². The van der Waals surface area contributed by atoms with Crippen LogP contribution in [0.25, 0.3) is 0 Å². The van der Waals surface area contributed by atoms with Crippen LogP contribution in [-0.2, 0) is 6.42 Å². The summed E-state index contributed by atoms with van der Waals surface area (Å²) in [4.78, 5) is 0. The van der Waals surface area contributed by atoms with Crippen LogP contribution in [0.4, 0.5) is 0 Å². The summed E-state index contributed by atoms with van der Waals surface area (Å²) >= 11 is 2.15. The summed E-state index contributed by atoms with van der Waals surface area (Å²) < 4.78 is 0. The first-order chi connectivity index (χ1) is 9.86. The van der Waals surface area contributed by atoms with Gasteiger partial charge in [0.15, 0.2) is 0 Å². The van der Waals surface area contributed by atoms with Gasteiger partial charge < -0.3 is 5.32 Å². The van der Waals surface area contributed by atoms with Crippen LogP contribution in [0.5, 0.6) is 0 Å². The molecule has 0 aliphatic heterocycles. The molecule has 0 bridgehead atoms. The molecule has 0 aromatic heterocycles. The Labute approximate surface area is 127 Å².